The molecule has 27 heavy (non-hydrogen) atoms. The average Bonchev–Trinajstić information content (AvgIpc) is 3.37. The van der Waals surface area contributed by atoms with Crippen molar-refractivity contribution in [1.82, 2.24) is 0 Å². The maximum atomic E-state index is 6.69. The predicted molar refractivity (Wildman–Crippen MR) is 104 cm³/mol. The number of ether oxygens (including phenoxy) is 1. The molecule has 1 saturated heterocycles. The van der Waals surface area contributed by atoms with Crippen LogP contribution in [0.5, 0.6) is 0 Å². The van der Waals surface area contributed by atoms with E-state index in [1.54, 1.807) is 0 Å². The van der Waals surface area contributed by atoms with Gasteiger partial charge in [0.1, 0.15) is 0 Å². The van der Waals surface area contributed by atoms with E-state index in [0.29, 0.717) is 0 Å². The lowest BCUT2D eigenvalue weighted by atomic mass is 9.65. The number of benzene rings is 2. The first-order chi connectivity index (χ1) is 13.3. The van der Waals surface area contributed by atoms with Crippen LogP contribution in [0.1, 0.15) is 62.4 Å². The average molecular weight is 362 g/mol. The van der Waals surface area contributed by atoms with Gasteiger partial charge in [-0.2, -0.15) is 9.78 Å². The molecule has 3 heteroatoms. The second-order valence-corrected chi connectivity index (χ2v) is 8.08. The first-order valence-corrected chi connectivity index (χ1v) is 10.1. The zero-order valence-electron chi connectivity index (χ0n) is 15.6. The van der Waals surface area contributed by atoms with Gasteiger partial charge in [-0.25, -0.2) is 0 Å². The lowest BCUT2D eigenvalue weighted by Crippen LogP contribution is -2.51. The van der Waals surface area contributed by atoms with Crippen LogP contribution in [-0.4, -0.2) is 5.79 Å². The van der Waals surface area contributed by atoms with Crippen molar-refractivity contribution < 1.29 is 14.5 Å². The molecule has 2 aliphatic carbocycles. The van der Waals surface area contributed by atoms with Crippen molar-refractivity contribution in [3.8, 4) is 0 Å². The van der Waals surface area contributed by atoms with Crippen LogP contribution in [0.25, 0.3) is 6.08 Å². The highest BCUT2D eigenvalue weighted by Crippen LogP contribution is 2.62. The number of hydrogen-bond acceptors (Lipinski definition) is 3. The van der Waals surface area contributed by atoms with Crippen molar-refractivity contribution in [2.45, 2.75) is 57.0 Å². The minimum Gasteiger partial charge on any atom is -0.306 e. The Labute approximate surface area is 160 Å². The standard InChI is InChI=1S/C24H26O3/c1-3-10-19(11-4-1)18-21-14-9-17-23(15-7-8-16-23)24(21)25-22(26-27-24)20-12-5-2-6-13-20/h1-6,10-13,18,22H,7-9,14-17H2/b21-18+. The fraction of sp³-hybridized carbons (Fsp3) is 0.417. The van der Waals surface area contributed by atoms with Crippen LogP contribution in [0.3, 0.4) is 0 Å². The Balaban J connectivity index is 1.56. The predicted octanol–water partition coefficient (Wildman–Crippen LogP) is 6.19. The molecule has 2 aromatic carbocycles. The van der Waals surface area contributed by atoms with Gasteiger partial charge in [0.15, 0.2) is 0 Å². The van der Waals surface area contributed by atoms with E-state index < -0.39 is 12.1 Å². The fourth-order valence-electron chi connectivity index (χ4n) is 5.21. The van der Waals surface area contributed by atoms with Crippen LogP contribution in [0.4, 0.5) is 0 Å². The molecule has 140 valence electrons. The second kappa shape index (κ2) is 6.90. The molecule has 0 bridgehead atoms. The van der Waals surface area contributed by atoms with Gasteiger partial charge in [-0.3, -0.25) is 0 Å². The molecule has 2 saturated carbocycles. The van der Waals surface area contributed by atoms with E-state index in [1.807, 2.05) is 36.4 Å². The third-order valence-electron chi connectivity index (χ3n) is 6.52. The minimum atomic E-state index is -0.766. The maximum absolute atomic E-state index is 6.69. The van der Waals surface area contributed by atoms with Crippen molar-refractivity contribution in [1.29, 1.82) is 0 Å². The Morgan fingerprint density at radius 1 is 0.815 bits per heavy atom. The number of hydrogen-bond donors (Lipinski definition) is 0. The van der Waals surface area contributed by atoms with Gasteiger partial charge in [0.05, 0.1) is 0 Å². The van der Waals surface area contributed by atoms with E-state index in [4.69, 9.17) is 14.5 Å². The van der Waals surface area contributed by atoms with Crippen molar-refractivity contribution >= 4 is 6.08 Å². The molecule has 1 heterocycles. The van der Waals surface area contributed by atoms with Gasteiger partial charge in [-0.1, -0.05) is 79.6 Å². The summed E-state index contributed by atoms with van der Waals surface area (Å²) in [6.45, 7) is 0. The van der Waals surface area contributed by atoms with Crippen molar-refractivity contribution in [3.05, 3.63) is 77.4 Å². The quantitative estimate of drug-likeness (QED) is 0.596. The lowest BCUT2D eigenvalue weighted by molar-refractivity contribution is -0.352. The van der Waals surface area contributed by atoms with Crippen molar-refractivity contribution in [2.75, 3.05) is 0 Å². The van der Waals surface area contributed by atoms with E-state index in [0.717, 1.165) is 31.2 Å². The van der Waals surface area contributed by atoms with Gasteiger partial charge in [-0.15, -0.1) is 0 Å². The Morgan fingerprint density at radius 3 is 2.22 bits per heavy atom. The highest BCUT2D eigenvalue weighted by Gasteiger charge is 2.63. The van der Waals surface area contributed by atoms with Gasteiger partial charge >= 0.3 is 0 Å². The molecule has 0 N–H and O–H groups in total. The first kappa shape index (κ1) is 17.2. The molecule has 3 fully saturated rings. The van der Waals surface area contributed by atoms with E-state index in [2.05, 4.69) is 30.3 Å². The van der Waals surface area contributed by atoms with Gasteiger partial charge in [0, 0.05) is 11.0 Å². The van der Waals surface area contributed by atoms with E-state index >= 15 is 0 Å². The number of rotatable bonds is 2. The van der Waals surface area contributed by atoms with E-state index in [-0.39, 0.29) is 5.41 Å². The number of fused-ring (bicyclic) bond motifs is 1. The summed E-state index contributed by atoms with van der Waals surface area (Å²) in [7, 11) is 0. The largest absolute Gasteiger partial charge is 0.306 e. The summed E-state index contributed by atoms with van der Waals surface area (Å²) < 4.78 is 6.69. The molecular weight excluding hydrogens is 336 g/mol. The summed E-state index contributed by atoms with van der Waals surface area (Å²) in [4.78, 5) is 12.0. The summed E-state index contributed by atoms with van der Waals surface area (Å²) in [6.07, 6.45) is 9.87. The first-order valence-electron chi connectivity index (χ1n) is 10.1. The topological polar surface area (TPSA) is 27.7 Å². The van der Waals surface area contributed by atoms with Gasteiger partial charge < -0.3 is 4.74 Å². The van der Waals surface area contributed by atoms with E-state index in [1.165, 1.54) is 30.4 Å². The normalized spacial score (nSPS) is 31.1. The van der Waals surface area contributed by atoms with E-state index in [9.17, 15) is 0 Å². The van der Waals surface area contributed by atoms with Gasteiger partial charge in [-0.05, 0) is 43.2 Å². The SMILES string of the molecule is C(=C1/CCCC2(CCCC2)C12OOC(c1ccccc1)O2)/c1ccccc1. The zero-order valence-corrected chi connectivity index (χ0v) is 15.6. The van der Waals surface area contributed by atoms with Crippen LogP contribution in [0.2, 0.25) is 0 Å². The Hall–Kier alpha value is -1.94. The third-order valence-corrected chi connectivity index (χ3v) is 6.52. The van der Waals surface area contributed by atoms with Gasteiger partial charge in [0.2, 0.25) is 12.1 Å². The molecule has 2 spiro atoms. The van der Waals surface area contributed by atoms with Gasteiger partial charge in [0.25, 0.3) is 0 Å². The molecule has 0 amide bonds. The zero-order chi connectivity index (χ0) is 18.2. The molecule has 0 aromatic heterocycles. The second-order valence-electron chi connectivity index (χ2n) is 8.08. The highest BCUT2D eigenvalue weighted by atomic mass is 17.3. The van der Waals surface area contributed by atoms with Crippen molar-refractivity contribution in [3.63, 3.8) is 0 Å². The molecule has 2 unspecified atom stereocenters. The molecule has 1 aliphatic heterocycles. The summed E-state index contributed by atoms with van der Waals surface area (Å²) in [6, 6.07) is 20.6. The smallest absolute Gasteiger partial charge is 0.232 e. The van der Waals surface area contributed by atoms with Crippen LogP contribution in [0, 0.1) is 5.41 Å². The summed E-state index contributed by atoms with van der Waals surface area (Å²) in [5.74, 6) is -0.766. The minimum absolute atomic E-state index is 0.0232. The molecule has 5 rings (SSSR count). The monoisotopic (exact) mass is 362 g/mol. The van der Waals surface area contributed by atoms with Crippen LogP contribution in [0.15, 0.2) is 66.2 Å². The lowest BCUT2D eigenvalue weighted by Gasteiger charge is -2.47. The molecule has 2 atom stereocenters. The molecule has 3 nitrogen and oxygen atoms in total. The summed E-state index contributed by atoms with van der Waals surface area (Å²) >= 11 is 0. The van der Waals surface area contributed by atoms with Crippen LogP contribution >= 0.6 is 0 Å². The van der Waals surface area contributed by atoms with Crippen molar-refractivity contribution in [2.24, 2.45) is 5.41 Å². The summed E-state index contributed by atoms with van der Waals surface area (Å²) in [5.41, 5.74) is 3.44. The molecular formula is C24H26O3. The Morgan fingerprint density at radius 2 is 1.48 bits per heavy atom. The Bertz CT molecular complexity index is 808. The maximum Gasteiger partial charge on any atom is 0.232 e. The van der Waals surface area contributed by atoms with Crippen LogP contribution < -0.4 is 0 Å². The molecule has 3 aliphatic rings. The third kappa shape index (κ3) is 2.85. The highest BCUT2D eigenvalue weighted by molar-refractivity contribution is 5.55. The fourth-order valence-corrected chi connectivity index (χ4v) is 5.21. The Kier molecular flexibility index (Phi) is 4.39. The molecule has 2 aromatic rings. The molecule has 0 radical (unpaired) electrons. The van der Waals surface area contributed by atoms with Crippen LogP contribution in [-0.2, 0) is 14.5 Å². The summed E-state index contributed by atoms with van der Waals surface area (Å²) in [5, 5.41) is 0.